The van der Waals surface area contributed by atoms with Gasteiger partial charge in [-0.3, -0.25) is 0 Å². The Morgan fingerprint density at radius 1 is 1.35 bits per heavy atom. The lowest BCUT2D eigenvalue weighted by atomic mass is 9.72. The summed E-state index contributed by atoms with van der Waals surface area (Å²) in [5, 5.41) is 0. The van der Waals surface area contributed by atoms with Crippen LogP contribution in [0.5, 0.6) is 0 Å². The molecule has 0 unspecified atom stereocenters. The van der Waals surface area contributed by atoms with Gasteiger partial charge >= 0.3 is 0 Å². The number of halogens is 1. The Bertz CT molecular complexity index is 463. The van der Waals surface area contributed by atoms with Crippen LogP contribution in [-0.2, 0) is 0 Å². The second-order valence-electron chi connectivity index (χ2n) is 5.40. The third kappa shape index (κ3) is 2.74. The molecule has 0 atom stereocenters. The summed E-state index contributed by atoms with van der Waals surface area (Å²) < 4.78 is 6.42. The van der Waals surface area contributed by atoms with E-state index in [1.54, 1.807) is 6.26 Å². The first-order valence-corrected chi connectivity index (χ1v) is 6.91. The van der Waals surface area contributed by atoms with E-state index in [1.807, 2.05) is 6.07 Å². The molecule has 1 aromatic heterocycles. The van der Waals surface area contributed by atoms with Gasteiger partial charge in [-0.15, -0.1) is 0 Å². The van der Waals surface area contributed by atoms with E-state index in [2.05, 4.69) is 48.9 Å². The second kappa shape index (κ2) is 4.85. The zero-order valence-electron chi connectivity index (χ0n) is 10.7. The van der Waals surface area contributed by atoms with Crippen molar-refractivity contribution >= 4 is 22.0 Å². The Hall–Kier alpha value is -0.760. The van der Waals surface area contributed by atoms with Crippen LogP contribution in [0.25, 0.3) is 6.08 Å². The molecular weight excluding hydrogens is 276 g/mol. The van der Waals surface area contributed by atoms with Gasteiger partial charge in [0.25, 0.3) is 0 Å². The van der Waals surface area contributed by atoms with Gasteiger partial charge in [-0.1, -0.05) is 25.5 Å². The third-order valence-corrected chi connectivity index (χ3v) is 4.24. The van der Waals surface area contributed by atoms with Gasteiger partial charge in [0.2, 0.25) is 0 Å². The molecule has 1 aliphatic rings. The van der Waals surface area contributed by atoms with Crippen molar-refractivity contribution in [2.45, 2.75) is 40.0 Å². The third-order valence-electron chi connectivity index (χ3n) is 3.59. The van der Waals surface area contributed by atoms with E-state index in [0.717, 1.165) is 10.2 Å². The molecule has 0 aromatic carbocycles. The van der Waals surface area contributed by atoms with Gasteiger partial charge in [-0.05, 0) is 65.2 Å². The molecule has 1 aromatic rings. The molecule has 2 rings (SSSR count). The van der Waals surface area contributed by atoms with E-state index in [4.69, 9.17) is 4.42 Å². The zero-order chi connectivity index (χ0) is 12.5. The Kier molecular flexibility index (Phi) is 3.62. The molecule has 0 bridgehead atoms. The highest BCUT2D eigenvalue weighted by atomic mass is 79.9. The molecule has 0 saturated heterocycles. The van der Waals surface area contributed by atoms with E-state index in [1.165, 1.54) is 30.4 Å². The molecule has 1 heterocycles. The molecule has 0 amide bonds. The van der Waals surface area contributed by atoms with Crippen LogP contribution in [0.2, 0.25) is 0 Å². The monoisotopic (exact) mass is 294 g/mol. The molecule has 0 saturated carbocycles. The lowest BCUT2D eigenvalue weighted by molar-refractivity contribution is 0.377. The molecule has 1 nitrogen and oxygen atoms in total. The van der Waals surface area contributed by atoms with Gasteiger partial charge in [0.05, 0.1) is 10.7 Å². The van der Waals surface area contributed by atoms with Gasteiger partial charge in [0, 0.05) is 0 Å². The minimum Gasteiger partial charge on any atom is -0.464 e. The summed E-state index contributed by atoms with van der Waals surface area (Å²) in [4.78, 5) is 0. The van der Waals surface area contributed by atoms with Crippen molar-refractivity contribution in [2.24, 2.45) is 5.41 Å². The van der Waals surface area contributed by atoms with Crippen LogP contribution in [0.4, 0.5) is 0 Å². The molecule has 0 fully saturated rings. The molecular formula is C15H19BrO. The van der Waals surface area contributed by atoms with E-state index in [0.29, 0.717) is 0 Å². The summed E-state index contributed by atoms with van der Waals surface area (Å²) in [6, 6.07) is 1.92. The van der Waals surface area contributed by atoms with Crippen molar-refractivity contribution < 1.29 is 4.42 Å². The fourth-order valence-electron chi connectivity index (χ4n) is 2.59. The molecule has 1 aliphatic carbocycles. The van der Waals surface area contributed by atoms with Crippen LogP contribution in [0.1, 0.15) is 45.8 Å². The van der Waals surface area contributed by atoms with Gasteiger partial charge < -0.3 is 4.42 Å². The van der Waals surface area contributed by atoms with E-state index in [-0.39, 0.29) is 5.41 Å². The Balaban J connectivity index is 2.28. The SMILES string of the molecule is CC1=C(/C=C/c2occc2Br)C(C)(C)CCC1. The standard InChI is InChI=1S/C15H19BrO/c1-11-5-4-9-15(2,3)12(11)6-7-14-13(16)8-10-17-14/h6-8,10H,4-5,9H2,1-3H3/b7-6+. The summed E-state index contributed by atoms with van der Waals surface area (Å²) in [5.41, 5.74) is 3.27. The highest BCUT2D eigenvalue weighted by Gasteiger charge is 2.26. The highest BCUT2D eigenvalue weighted by molar-refractivity contribution is 9.10. The summed E-state index contributed by atoms with van der Waals surface area (Å²) in [7, 11) is 0. The summed E-state index contributed by atoms with van der Waals surface area (Å²) >= 11 is 3.47. The molecule has 2 heteroatoms. The maximum atomic E-state index is 5.40. The Labute approximate surface area is 112 Å². The molecule has 17 heavy (non-hydrogen) atoms. The van der Waals surface area contributed by atoms with Crippen molar-refractivity contribution in [3.63, 3.8) is 0 Å². The zero-order valence-corrected chi connectivity index (χ0v) is 12.3. The van der Waals surface area contributed by atoms with Gasteiger partial charge in [-0.2, -0.15) is 0 Å². The average molecular weight is 295 g/mol. The smallest absolute Gasteiger partial charge is 0.140 e. The normalized spacial score (nSPS) is 20.2. The minimum absolute atomic E-state index is 0.290. The van der Waals surface area contributed by atoms with Crippen LogP contribution in [-0.4, -0.2) is 0 Å². The number of hydrogen-bond acceptors (Lipinski definition) is 1. The fourth-order valence-corrected chi connectivity index (χ4v) is 2.93. The molecule has 0 aliphatic heterocycles. The lowest BCUT2D eigenvalue weighted by Crippen LogP contribution is -2.18. The lowest BCUT2D eigenvalue weighted by Gasteiger charge is -2.32. The van der Waals surface area contributed by atoms with Crippen molar-refractivity contribution in [1.29, 1.82) is 0 Å². The maximum absolute atomic E-state index is 5.40. The molecule has 0 spiro atoms. The number of allylic oxidation sites excluding steroid dienone is 3. The van der Waals surface area contributed by atoms with E-state index in [9.17, 15) is 0 Å². The first kappa shape index (κ1) is 12.7. The van der Waals surface area contributed by atoms with Crippen LogP contribution in [0.15, 0.2) is 38.4 Å². The second-order valence-corrected chi connectivity index (χ2v) is 6.25. The minimum atomic E-state index is 0.290. The van der Waals surface area contributed by atoms with Gasteiger partial charge in [0.1, 0.15) is 5.76 Å². The largest absolute Gasteiger partial charge is 0.464 e. The Morgan fingerprint density at radius 2 is 2.12 bits per heavy atom. The number of furan rings is 1. The van der Waals surface area contributed by atoms with Crippen LogP contribution in [0, 0.1) is 5.41 Å². The van der Waals surface area contributed by atoms with Gasteiger partial charge in [0.15, 0.2) is 0 Å². The predicted molar refractivity (Wildman–Crippen MR) is 75.8 cm³/mol. The summed E-state index contributed by atoms with van der Waals surface area (Å²) in [5.74, 6) is 0.895. The number of hydrogen-bond donors (Lipinski definition) is 0. The van der Waals surface area contributed by atoms with E-state index >= 15 is 0 Å². The van der Waals surface area contributed by atoms with Crippen LogP contribution < -0.4 is 0 Å². The first-order chi connectivity index (χ1) is 8.00. The highest BCUT2D eigenvalue weighted by Crippen LogP contribution is 2.41. The van der Waals surface area contributed by atoms with Crippen molar-refractivity contribution in [1.82, 2.24) is 0 Å². The fraction of sp³-hybridized carbons (Fsp3) is 0.467. The molecule has 0 radical (unpaired) electrons. The Morgan fingerprint density at radius 3 is 2.71 bits per heavy atom. The van der Waals surface area contributed by atoms with Crippen molar-refractivity contribution in [3.05, 3.63) is 39.8 Å². The molecule has 0 N–H and O–H groups in total. The summed E-state index contributed by atoms with van der Waals surface area (Å²) in [6.07, 6.45) is 9.79. The quantitative estimate of drug-likeness (QED) is 0.694. The topological polar surface area (TPSA) is 13.1 Å². The van der Waals surface area contributed by atoms with Crippen LogP contribution in [0.3, 0.4) is 0 Å². The first-order valence-electron chi connectivity index (χ1n) is 6.12. The van der Waals surface area contributed by atoms with Crippen LogP contribution >= 0.6 is 15.9 Å². The van der Waals surface area contributed by atoms with E-state index < -0.39 is 0 Å². The summed E-state index contributed by atoms with van der Waals surface area (Å²) in [6.45, 7) is 6.90. The average Bonchev–Trinajstić information content (AvgIpc) is 2.63. The number of rotatable bonds is 2. The predicted octanol–water partition coefficient (Wildman–Crippen LogP) is 5.58. The van der Waals surface area contributed by atoms with Gasteiger partial charge in [-0.25, -0.2) is 0 Å². The molecule has 92 valence electrons. The van der Waals surface area contributed by atoms with Crippen molar-refractivity contribution in [3.8, 4) is 0 Å². The van der Waals surface area contributed by atoms with Crippen molar-refractivity contribution in [2.75, 3.05) is 0 Å². The maximum Gasteiger partial charge on any atom is 0.140 e.